The van der Waals surface area contributed by atoms with Gasteiger partial charge in [0.15, 0.2) is 0 Å². The van der Waals surface area contributed by atoms with Gasteiger partial charge in [-0.2, -0.15) is 11.3 Å². The molecule has 0 radical (unpaired) electrons. The molecule has 2 heterocycles. The van der Waals surface area contributed by atoms with E-state index in [4.69, 9.17) is 0 Å². The molecule has 0 bridgehead atoms. The highest BCUT2D eigenvalue weighted by Gasteiger charge is 2.57. The number of amides is 1. The van der Waals surface area contributed by atoms with Crippen LogP contribution in [0.3, 0.4) is 0 Å². The van der Waals surface area contributed by atoms with Crippen LogP contribution in [0.2, 0.25) is 0 Å². The van der Waals surface area contributed by atoms with E-state index in [9.17, 15) is 13.2 Å². The minimum atomic E-state index is -3.00. The molecule has 2 aliphatic rings. The first-order chi connectivity index (χ1) is 11.4. The van der Waals surface area contributed by atoms with Gasteiger partial charge in [-0.25, -0.2) is 8.42 Å². The van der Waals surface area contributed by atoms with Crippen molar-refractivity contribution < 1.29 is 13.2 Å². The predicted octanol–water partition coefficient (Wildman–Crippen LogP) is 2.04. The van der Waals surface area contributed by atoms with Gasteiger partial charge in [0.05, 0.1) is 5.75 Å². The van der Waals surface area contributed by atoms with Gasteiger partial charge in [0.1, 0.15) is 9.84 Å². The van der Waals surface area contributed by atoms with Crippen LogP contribution in [0.25, 0.3) is 0 Å². The molecule has 134 valence electrons. The molecule has 0 unspecified atom stereocenters. The lowest BCUT2D eigenvalue weighted by molar-refractivity contribution is -0.133. The molecular formula is C17H26N2O3S2. The molecule has 7 heteroatoms. The fourth-order valence-corrected chi connectivity index (χ4v) is 5.14. The van der Waals surface area contributed by atoms with Crippen LogP contribution in [-0.4, -0.2) is 50.4 Å². The molecule has 1 aliphatic carbocycles. The van der Waals surface area contributed by atoms with Gasteiger partial charge >= 0.3 is 0 Å². The third kappa shape index (κ3) is 4.37. The quantitative estimate of drug-likeness (QED) is 0.798. The maximum absolute atomic E-state index is 12.8. The Morgan fingerprint density at radius 1 is 1.42 bits per heavy atom. The van der Waals surface area contributed by atoms with Gasteiger partial charge in [0, 0.05) is 25.3 Å². The summed E-state index contributed by atoms with van der Waals surface area (Å²) in [5.74, 6) is 0.190. The molecule has 1 saturated carbocycles. The van der Waals surface area contributed by atoms with Gasteiger partial charge in [-0.15, -0.1) is 0 Å². The maximum Gasteiger partial charge on any atom is 0.223 e. The molecule has 1 saturated heterocycles. The van der Waals surface area contributed by atoms with Crippen molar-refractivity contribution >= 4 is 27.1 Å². The average Bonchev–Trinajstić information content (AvgIpc) is 2.96. The number of nitrogens with zero attached hydrogens (tertiary/aromatic N) is 1. The van der Waals surface area contributed by atoms with E-state index in [1.807, 2.05) is 10.3 Å². The van der Waals surface area contributed by atoms with Crippen LogP contribution in [0, 0.1) is 5.41 Å². The number of sulfone groups is 1. The molecule has 1 N–H and O–H groups in total. The van der Waals surface area contributed by atoms with E-state index >= 15 is 0 Å². The largest absolute Gasteiger partial charge is 0.335 e. The van der Waals surface area contributed by atoms with Crippen molar-refractivity contribution in [3.63, 3.8) is 0 Å². The van der Waals surface area contributed by atoms with Crippen molar-refractivity contribution in [3.05, 3.63) is 22.4 Å². The van der Waals surface area contributed by atoms with E-state index in [1.54, 1.807) is 11.3 Å². The Hall–Kier alpha value is -0.920. The van der Waals surface area contributed by atoms with Crippen molar-refractivity contribution in [3.8, 4) is 0 Å². The summed E-state index contributed by atoms with van der Waals surface area (Å²) in [6, 6.07) is 2.39. The SMILES string of the molecule is CS(=O)(=O)CCCC(=O)N(Cc1ccsc1)[C@@H]1CC12CCNCC2. The van der Waals surface area contributed by atoms with E-state index in [0.717, 1.165) is 32.4 Å². The summed E-state index contributed by atoms with van der Waals surface area (Å²) >= 11 is 1.65. The highest BCUT2D eigenvalue weighted by molar-refractivity contribution is 7.90. The molecule has 1 aliphatic heterocycles. The smallest absolute Gasteiger partial charge is 0.223 e. The van der Waals surface area contributed by atoms with Crippen molar-refractivity contribution in [2.75, 3.05) is 25.1 Å². The van der Waals surface area contributed by atoms with Crippen molar-refractivity contribution in [2.45, 2.75) is 44.7 Å². The summed E-state index contributed by atoms with van der Waals surface area (Å²) in [6.07, 6.45) is 5.33. The maximum atomic E-state index is 12.8. The van der Waals surface area contributed by atoms with Crippen LogP contribution < -0.4 is 5.32 Å². The Labute approximate surface area is 148 Å². The standard InChI is InChI=1S/C17H26N2O3S2/c1-24(21,22)10-2-3-16(20)19(12-14-4-9-23-13-14)15-11-17(15)5-7-18-8-6-17/h4,9,13,15,18H,2-3,5-8,10-12H2,1H3/t15-/m1/s1. The summed E-state index contributed by atoms with van der Waals surface area (Å²) in [5.41, 5.74) is 1.47. The van der Waals surface area contributed by atoms with Crippen LogP contribution in [0.1, 0.15) is 37.7 Å². The average molecular weight is 371 g/mol. The number of carbonyl (C=O) groups excluding carboxylic acids is 1. The van der Waals surface area contributed by atoms with Crippen molar-refractivity contribution in [1.82, 2.24) is 10.2 Å². The third-order valence-corrected chi connectivity index (χ3v) is 7.04. The molecule has 0 aromatic carbocycles. The van der Waals surface area contributed by atoms with Crippen molar-refractivity contribution in [1.29, 1.82) is 0 Å². The lowest BCUT2D eigenvalue weighted by Gasteiger charge is -2.29. The van der Waals surface area contributed by atoms with Crippen molar-refractivity contribution in [2.24, 2.45) is 5.41 Å². The highest BCUT2D eigenvalue weighted by Crippen LogP contribution is 2.56. The fraction of sp³-hybridized carbons (Fsp3) is 0.706. The monoisotopic (exact) mass is 370 g/mol. The van der Waals surface area contributed by atoms with E-state index in [-0.39, 0.29) is 11.7 Å². The molecule has 5 nitrogen and oxygen atoms in total. The van der Waals surface area contributed by atoms with Gasteiger partial charge in [-0.1, -0.05) is 0 Å². The van der Waals surface area contributed by atoms with Crippen LogP contribution in [0.5, 0.6) is 0 Å². The van der Waals surface area contributed by atoms with Crippen LogP contribution in [0.4, 0.5) is 0 Å². The lowest BCUT2D eigenvalue weighted by Crippen LogP contribution is -2.39. The summed E-state index contributed by atoms with van der Waals surface area (Å²) in [7, 11) is -3.00. The van der Waals surface area contributed by atoms with Crippen LogP contribution in [0.15, 0.2) is 16.8 Å². The first kappa shape index (κ1) is 17.9. The number of hydrogen-bond donors (Lipinski definition) is 1. The topological polar surface area (TPSA) is 66.5 Å². The highest BCUT2D eigenvalue weighted by atomic mass is 32.2. The molecule has 1 spiro atoms. The molecule has 1 aromatic heterocycles. The third-order valence-electron chi connectivity index (χ3n) is 5.28. The van der Waals surface area contributed by atoms with Gasteiger partial charge in [-0.05, 0) is 66.6 Å². The number of carbonyl (C=O) groups is 1. The van der Waals surface area contributed by atoms with E-state index < -0.39 is 9.84 Å². The zero-order valence-corrected chi connectivity index (χ0v) is 15.8. The number of rotatable bonds is 7. The van der Waals surface area contributed by atoms with Gasteiger partial charge in [-0.3, -0.25) is 4.79 Å². The Kier molecular flexibility index (Phi) is 5.32. The van der Waals surface area contributed by atoms with Crippen LogP contribution >= 0.6 is 11.3 Å². The Balaban J connectivity index is 1.65. The van der Waals surface area contributed by atoms with Gasteiger partial charge < -0.3 is 10.2 Å². The fourth-order valence-electron chi connectivity index (χ4n) is 3.81. The number of hydrogen-bond acceptors (Lipinski definition) is 5. The summed E-state index contributed by atoms with van der Waals surface area (Å²) in [4.78, 5) is 14.8. The zero-order valence-electron chi connectivity index (χ0n) is 14.2. The van der Waals surface area contributed by atoms with E-state index in [1.165, 1.54) is 11.8 Å². The van der Waals surface area contributed by atoms with Gasteiger partial charge in [0.2, 0.25) is 5.91 Å². The molecule has 3 rings (SSSR count). The molecular weight excluding hydrogens is 344 g/mol. The van der Waals surface area contributed by atoms with Gasteiger partial charge in [0.25, 0.3) is 0 Å². The Morgan fingerprint density at radius 2 is 2.17 bits per heavy atom. The second-order valence-corrected chi connectivity index (χ2v) is 10.3. The second kappa shape index (κ2) is 7.14. The first-order valence-electron chi connectivity index (χ1n) is 8.59. The minimum absolute atomic E-state index is 0.0881. The molecule has 1 amide bonds. The van der Waals surface area contributed by atoms with Crippen LogP contribution in [-0.2, 0) is 21.2 Å². The number of piperidine rings is 1. The predicted molar refractivity (Wildman–Crippen MR) is 96.8 cm³/mol. The van der Waals surface area contributed by atoms with E-state index in [0.29, 0.717) is 30.8 Å². The van der Waals surface area contributed by atoms with E-state index in [2.05, 4.69) is 16.8 Å². The summed E-state index contributed by atoms with van der Waals surface area (Å²) in [6.45, 7) is 2.72. The second-order valence-electron chi connectivity index (χ2n) is 7.22. The molecule has 24 heavy (non-hydrogen) atoms. The molecule has 1 aromatic rings. The first-order valence-corrected chi connectivity index (χ1v) is 11.6. The lowest BCUT2D eigenvalue weighted by atomic mass is 9.93. The molecule has 2 fully saturated rings. The Morgan fingerprint density at radius 3 is 2.79 bits per heavy atom. The minimum Gasteiger partial charge on any atom is -0.335 e. The zero-order chi connectivity index (χ0) is 17.2. The number of thiophene rings is 1. The molecule has 1 atom stereocenters. The number of nitrogens with one attached hydrogen (secondary N) is 1. The summed E-state index contributed by atoms with van der Waals surface area (Å²) < 4.78 is 22.6. The summed E-state index contributed by atoms with van der Waals surface area (Å²) in [5, 5.41) is 7.53. The normalized spacial score (nSPS) is 22.5. The Bertz CT molecular complexity index is 664.